The average molecular weight is 341 g/mol. The largest absolute Gasteiger partial charge is 0.430 e. The van der Waals surface area contributed by atoms with Crippen molar-refractivity contribution in [1.29, 1.82) is 0 Å². The molecule has 1 aromatic carbocycles. The molecule has 100 valence electrons. The lowest BCUT2D eigenvalue weighted by molar-refractivity contribution is 0.112. The van der Waals surface area contributed by atoms with E-state index >= 15 is 0 Å². The molecule has 1 heterocycles. The fraction of sp³-hybridized carbons (Fsp3) is 0.308. The SMILES string of the molecule is CC(C)(C)c1nsc(Oc2ccc(Br)c(C=O)c2)n1. The molecule has 19 heavy (non-hydrogen) atoms. The Balaban J connectivity index is 2.22. The molecule has 0 fully saturated rings. The number of halogens is 1. The van der Waals surface area contributed by atoms with Gasteiger partial charge in [0.05, 0.1) is 0 Å². The highest BCUT2D eigenvalue weighted by molar-refractivity contribution is 9.10. The molecule has 4 nitrogen and oxygen atoms in total. The van der Waals surface area contributed by atoms with Crippen molar-refractivity contribution in [3.05, 3.63) is 34.1 Å². The van der Waals surface area contributed by atoms with E-state index in [2.05, 4.69) is 25.3 Å². The van der Waals surface area contributed by atoms with Gasteiger partial charge < -0.3 is 4.74 Å². The Bertz CT molecular complexity index is 605. The van der Waals surface area contributed by atoms with Crippen LogP contribution in [0.2, 0.25) is 0 Å². The first-order valence-corrected chi connectivity index (χ1v) is 7.23. The van der Waals surface area contributed by atoms with Gasteiger partial charge in [-0.05, 0) is 18.2 Å². The molecule has 0 saturated heterocycles. The van der Waals surface area contributed by atoms with Gasteiger partial charge in [0.25, 0.3) is 5.19 Å². The van der Waals surface area contributed by atoms with Crippen LogP contribution < -0.4 is 4.74 Å². The summed E-state index contributed by atoms with van der Waals surface area (Å²) in [5, 5.41) is 0.476. The number of hydrogen-bond acceptors (Lipinski definition) is 5. The summed E-state index contributed by atoms with van der Waals surface area (Å²) in [5.41, 5.74) is 0.434. The second-order valence-electron chi connectivity index (χ2n) is 5.04. The fourth-order valence-corrected chi connectivity index (χ4v) is 2.41. The monoisotopic (exact) mass is 340 g/mol. The van der Waals surface area contributed by atoms with Crippen molar-refractivity contribution in [3.63, 3.8) is 0 Å². The van der Waals surface area contributed by atoms with Crippen LogP contribution in [-0.4, -0.2) is 15.6 Å². The zero-order valence-corrected chi connectivity index (χ0v) is 13.2. The molecule has 0 saturated carbocycles. The number of ether oxygens (including phenoxy) is 1. The van der Waals surface area contributed by atoms with E-state index in [0.29, 0.717) is 16.5 Å². The predicted octanol–water partition coefficient (Wildman–Crippen LogP) is 4.20. The third-order valence-electron chi connectivity index (χ3n) is 2.38. The molecule has 1 aromatic heterocycles. The Morgan fingerprint density at radius 2 is 2.11 bits per heavy atom. The minimum absolute atomic E-state index is 0.105. The van der Waals surface area contributed by atoms with Crippen LogP contribution in [0.15, 0.2) is 22.7 Å². The molecule has 0 aliphatic heterocycles. The summed E-state index contributed by atoms with van der Waals surface area (Å²) in [6.45, 7) is 6.13. The Morgan fingerprint density at radius 1 is 1.37 bits per heavy atom. The highest BCUT2D eigenvalue weighted by Crippen LogP contribution is 2.29. The second kappa shape index (κ2) is 5.38. The van der Waals surface area contributed by atoms with E-state index < -0.39 is 0 Å². The molecule has 0 N–H and O–H groups in total. The van der Waals surface area contributed by atoms with E-state index in [0.717, 1.165) is 16.6 Å². The lowest BCUT2D eigenvalue weighted by atomic mass is 9.96. The Kier molecular flexibility index (Phi) is 4.01. The summed E-state index contributed by atoms with van der Waals surface area (Å²) in [6, 6.07) is 5.20. The van der Waals surface area contributed by atoms with E-state index in [4.69, 9.17) is 4.74 Å². The number of nitrogens with zero attached hydrogens (tertiary/aromatic N) is 2. The van der Waals surface area contributed by atoms with Crippen LogP contribution in [-0.2, 0) is 5.41 Å². The molecule has 0 unspecified atom stereocenters. The molecule has 2 rings (SSSR count). The maximum atomic E-state index is 10.9. The number of carbonyl (C=O) groups is 1. The Hall–Kier alpha value is -1.27. The average Bonchev–Trinajstić information content (AvgIpc) is 2.80. The van der Waals surface area contributed by atoms with Gasteiger partial charge in [0.15, 0.2) is 12.1 Å². The topological polar surface area (TPSA) is 52.1 Å². The van der Waals surface area contributed by atoms with E-state index in [-0.39, 0.29) is 5.41 Å². The van der Waals surface area contributed by atoms with Gasteiger partial charge >= 0.3 is 0 Å². The minimum atomic E-state index is -0.105. The lowest BCUT2D eigenvalue weighted by Gasteiger charge is -2.12. The number of aromatic nitrogens is 2. The molecule has 0 aliphatic rings. The third-order valence-corrected chi connectivity index (χ3v) is 3.70. The third kappa shape index (κ3) is 3.39. The first-order chi connectivity index (χ1) is 8.90. The summed E-state index contributed by atoms with van der Waals surface area (Å²) < 4.78 is 10.6. The maximum Gasteiger partial charge on any atom is 0.298 e. The van der Waals surface area contributed by atoms with Crippen molar-refractivity contribution >= 4 is 33.7 Å². The number of aldehydes is 1. The normalized spacial score (nSPS) is 11.4. The summed E-state index contributed by atoms with van der Waals surface area (Å²) in [7, 11) is 0. The molecule has 0 bridgehead atoms. The first kappa shape index (κ1) is 14.1. The van der Waals surface area contributed by atoms with Gasteiger partial charge in [0, 0.05) is 27.0 Å². The first-order valence-electron chi connectivity index (χ1n) is 5.67. The van der Waals surface area contributed by atoms with Gasteiger partial charge in [-0.25, -0.2) is 0 Å². The van der Waals surface area contributed by atoms with E-state index in [9.17, 15) is 4.79 Å². The van der Waals surface area contributed by atoms with Crippen LogP contribution in [0.1, 0.15) is 37.0 Å². The maximum absolute atomic E-state index is 10.9. The quantitative estimate of drug-likeness (QED) is 0.785. The number of carbonyl (C=O) groups excluding carboxylic acids is 1. The molecule has 0 amide bonds. The Labute approximate surface area is 124 Å². The van der Waals surface area contributed by atoms with E-state index in [1.807, 2.05) is 20.8 Å². The van der Waals surface area contributed by atoms with Crippen LogP contribution in [0, 0.1) is 0 Å². The molecule has 0 atom stereocenters. The van der Waals surface area contributed by atoms with Crippen molar-refractivity contribution < 1.29 is 9.53 Å². The highest BCUT2D eigenvalue weighted by Gasteiger charge is 2.20. The van der Waals surface area contributed by atoms with Crippen LogP contribution in [0.3, 0.4) is 0 Å². The van der Waals surface area contributed by atoms with Crippen molar-refractivity contribution in [1.82, 2.24) is 9.36 Å². The van der Waals surface area contributed by atoms with E-state index in [1.165, 1.54) is 11.5 Å². The van der Waals surface area contributed by atoms with Crippen molar-refractivity contribution in [2.45, 2.75) is 26.2 Å². The number of rotatable bonds is 3. The molecule has 0 radical (unpaired) electrons. The van der Waals surface area contributed by atoms with Gasteiger partial charge in [-0.2, -0.15) is 9.36 Å². The van der Waals surface area contributed by atoms with Crippen molar-refractivity contribution in [2.75, 3.05) is 0 Å². The lowest BCUT2D eigenvalue weighted by Crippen LogP contribution is -2.12. The van der Waals surface area contributed by atoms with Gasteiger partial charge in [-0.1, -0.05) is 36.7 Å². The van der Waals surface area contributed by atoms with Crippen LogP contribution in [0.5, 0.6) is 10.9 Å². The number of hydrogen-bond donors (Lipinski definition) is 0. The smallest absolute Gasteiger partial charge is 0.298 e. The summed E-state index contributed by atoms with van der Waals surface area (Å²) in [5.74, 6) is 1.32. The van der Waals surface area contributed by atoms with E-state index in [1.54, 1.807) is 18.2 Å². The van der Waals surface area contributed by atoms with Crippen molar-refractivity contribution in [3.8, 4) is 10.9 Å². The Morgan fingerprint density at radius 3 is 2.68 bits per heavy atom. The van der Waals surface area contributed by atoms with Gasteiger partial charge in [0.2, 0.25) is 0 Å². The van der Waals surface area contributed by atoms with Crippen LogP contribution in [0.4, 0.5) is 0 Å². The van der Waals surface area contributed by atoms with Crippen LogP contribution >= 0.6 is 27.5 Å². The molecular weight excluding hydrogens is 328 g/mol. The summed E-state index contributed by atoms with van der Waals surface area (Å²) in [4.78, 5) is 15.2. The van der Waals surface area contributed by atoms with Gasteiger partial charge in [-0.15, -0.1) is 0 Å². The zero-order chi connectivity index (χ0) is 14.0. The zero-order valence-electron chi connectivity index (χ0n) is 10.8. The molecule has 0 spiro atoms. The number of benzene rings is 1. The molecule has 2 aromatic rings. The van der Waals surface area contributed by atoms with Crippen LogP contribution in [0.25, 0.3) is 0 Å². The fourth-order valence-electron chi connectivity index (χ4n) is 1.33. The summed E-state index contributed by atoms with van der Waals surface area (Å²) in [6.07, 6.45) is 0.775. The van der Waals surface area contributed by atoms with Crippen molar-refractivity contribution in [2.24, 2.45) is 0 Å². The second-order valence-corrected chi connectivity index (χ2v) is 6.61. The standard InChI is InChI=1S/C13H13BrN2O2S/c1-13(2,3)11-15-12(19-16-11)18-9-4-5-10(14)8(6-9)7-17/h4-7H,1-3H3. The molecule has 6 heteroatoms. The summed E-state index contributed by atoms with van der Waals surface area (Å²) >= 11 is 4.50. The molecular formula is C13H13BrN2O2S. The van der Waals surface area contributed by atoms with Gasteiger partial charge in [0.1, 0.15) is 5.75 Å². The minimum Gasteiger partial charge on any atom is -0.430 e. The van der Waals surface area contributed by atoms with Gasteiger partial charge in [-0.3, -0.25) is 4.79 Å². The highest BCUT2D eigenvalue weighted by atomic mass is 79.9. The predicted molar refractivity (Wildman–Crippen MR) is 78.2 cm³/mol. The molecule has 0 aliphatic carbocycles.